The highest BCUT2D eigenvalue weighted by Crippen LogP contribution is 2.35. The molecule has 35 heavy (non-hydrogen) atoms. The lowest BCUT2D eigenvalue weighted by atomic mass is 10.0. The molecule has 3 aromatic rings. The van der Waals surface area contributed by atoms with Crippen molar-refractivity contribution in [3.63, 3.8) is 0 Å². The molecule has 2 aromatic heterocycles. The van der Waals surface area contributed by atoms with Gasteiger partial charge in [-0.05, 0) is 80.5 Å². The standard InChI is InChI=1S/C25H29N5O4S/c1-13-8-10-17(12-14(13)2)30(25(33)22-19(26)20(23(27)31)29-35-22)21(18-11-9-15(3)34-18)24(32)28-16-6-4-5-7-16/h8-12,16,21H,4-7,26H2,1-3H3,(H2,27,31)(H,28,32). The van der Waals surface area contributed by atoms with E-state index >= 15 is 0 Å². The van der Waals surface area contributed by atoms with Gasteiger partial charge in [0, 0.05) is 11.7 Å². The van der Waals surface area contributed by atoms with Crippen molar-refractivity contribution in [3.05, 3.63) is 63.6 Å². The minimum atomic E-state index is -1.10. The van der Waals surface area contributed by atoms with Crippen molar-refractivity contribution < 1.29 is 18.8 Å². The number of carbonyl (C=O) groups is 3. The largest absolute Gasteiger partial charge is 0.464 e. The van der Waals surface area contributed by atoms with Crippen molar-refractivity contribution in [3.8, 4) is 0 Å². The molecule has 0 spiro atoms. The predicted octanol–water partition coefficient (Wildman–Crippen LogP) is 3.79. The number of anilines is 2. The maximum absolute atomic E-state index is 14.0. The van der Waals surface area contributed by atoms with Gasteiger partial charge in [0.1, 0.15) is 16.4 Å². The summed E-state index contributed by atoms with van der Waals surface area (Å²) in [5.74, 6) is -0.817. The molecular formula is C25H29N5O4S. The van der Waals surface area contributed by atoms with Crippen molar-refractivity contribution in [1.82, 2.24) is 9.69 Å². The molecule has 2 heterocycles. The number of nitrogens with one attached hydrogen (secondary N) is 1. The number of aromatic nitrogens is 1. The normalized spacial score (nSPS) is 14.6. The molecule has 1 saturated carbocycles. The lowest BCUT2D eigenvalue weighted by molar-refractivity contribution is -0.123. The van der Waals surface area contributed by atoms with Crippen LogP contribution in [0.5, 0.6) is 0 Å². The van der Waals surface area contributed by atoms with Crippen LogP contribution in [-0.4, -0.2) is 28.1 Å². The zero-order chi connectivity index (χ0) is 25.3. The zero-order valence-electron chi connectivity index (χ0n) is 20.0. The summed E-state index contributed by atoms with van der Waals surface area (Å²) >= 11 is 0.776. The number of benzene rings is 1. The Morgan fingerprint density at radius 2 is 1.83 bits per heavy atom. The molecule has 10 heteroatoms. The second-order valence-corrected chi connectivity index (χ2v) is 9.70. The minimum absolute atomic E-state index is 0.0268. The molecule has 0 aliphatic heterocycles. The monoisotopic (exact) mass is 495 g/mol. The summed E-state index contributed by atoms with van der Waals surface area (Å²) < 4.78 is 9.85. The van der Waals surface area contributed by atoms with Crippen molar-refractivity contribution in [2.24, 2.45) is 5.73 Å². The number of rotatable bonds is 7. The smallest absolute Gasteiger partial charge is 0.273 e. The fourth-order valence-electron chi connectivity index (χ4n) is 4.32. The van der Waals surface area contributed by atoms with E-state index in [0.717, 1.165) is 48.3 Å². The van der Waals surface area contributed by atoms with Gasteiger partial charge in [-0.1, -0.05) is 18.9 Å². The molecule has 5 N–H and O–H groups in total. The van der Waals surface area contributed by atoms with Crippen molar-refractivity contribution in [2.45, 2.75) is 58.5 Å². The van der Waals surface area contributed by atoms with Crippen LogP contribution in [0.4, 0.5) is 11.4 Å². The van der Waals surface area contributed by atoms with E-state index in [2.05, 4.69) is 9.69 Å². The van der Waals surface area contributed by atoms with Crippen LogP contribution in [0.1, 0.15) is 74.5 Å². The number of hydrogen-bond acceptors (Lipinski definition) is 7. The highest BCUT2D eigenvalue weighted by atomic mass is 32.1. The summed E-state index contributed by atoms with van der Waals surface area (Å²) in [5.41, 5.74) is 13.7. The predicted molar refractivity (Wildman–Crippen MR) is 134 cm³/mol. The quantitative estimate of drug-likeness (QED) is 0.455. The van der Waals surface area contributed by atoms with Gasteiger partial charge in [-0.3, -0.25) is 19.3 Å². The third-order valence-electron chi connectivity index (χ3n) is 6.38. The minimum Gasteiger partial charge on any atom is -0.464 e. The van der Waals surface area contributed by atoms with Crippen LogP contribution in [-0.2, 0) is 4.79 Å². The number of nitrogen functional groups attached to an aromatic ring is 1. The Balaban J connectivity index is 1.85. The first-order valence-corrected chi connectivity index (χ1v) is 12.3. The molecule has 1 aliphatic rings. The van der Waals surface area contributed by atoms with E-state index in [1.54, 1.807) is 25.1 Å². The van der Waals surface area contributed by atoms with E-state index in [0.29, 0.717) is 17.2 Å². The third-order valence-corrected chi connectivity index (χ3v) is 7.23. The first kappa shape index (κ1) is 24.5. The molecule has 0 bridgehead atoms. The van der Waals surface area contributed by atoms with Crippen molar-refractivity contribution in [1.29, 1.82) is 0 Å². The van der Waals surface area contributed by atoms with E-state index in [4.69, 9.17) is 15.9 Å². The van der Waals surface area contributed by atoms with E-state index in [1.807, 2.05) is 26.0 Å². The summed E-state index contributed by atoms with van der Waals surface area (Å²) in [5, 5.41) is 3.10. The van der Waals surface area contributed by atoms with Crippen molar-refractivity contribution in [2.75, 3.05) is 10.6 Å². The van der Waals surface area contributed by atoms with Crippen LogP contribution < -0.4 is 21.7 Å². The van der Waals surface area contributed by atoms with Gasteiger partial charge in [-0.25, -0.2) is 0 Å². The summed E-state index contributed by atoms with van der Waals surface area (Å²) in [6.45, 7) is 5.67. The van der Waals surface area contributed by atoms with Crippen LogP contribution in [0.2, 0.25) is 0 Å². The molecule has 0 saturated heterocycles. The molecular weight excluding hydrogens is 466 g/mol. The average molecular weight is 496 g/mol. The number of carbonyl (C=O) groups excluding carboxylic acids is 3. The first-order valence-electron chi connectivity index (χ1n) is 11.5. The number of hydrogen-bond donors (Lipinski definition) is 3. The number of amides is 3. The molecule has 184 valence electrons. The fourth-order valence-corrected chi connectivity index (χ4v) is 5.06. The average Bonchev–Trinajstić information content (AvgIpc) is 3.55. The highest BCUT2D eigenvalue weighted by molar-refractivity contribution is 7.09. The molecule has 9 nitrogen and oxygen atoms in total. The van der Waals surface area contributed by atoms with E-state index in [9.17, 15) is 14.4 Å². The zero-order valence-corrected chi connectivity index (χ0v) is 20.8. The first-order chi connectivity index (χ1) is 16.7. The highest BCUT2D eigenvalue weighted by Gasteiger charge is 2.38. The van der Waals surface area contributed by atoms with Crippen LogP contribution in [0.15, 0.2) is 34.7 Å². The fraction of sp³-hybridized carbons (Fsp3) is 0.360. The van der Waals surface area contributed by atoms with Gasteiger partial charge in [-0.15, -0.1) is 0 Å². The van der Waals surface area contributed by atoms with Gasteiger partial charge in [0.2, 0.25) is 0 Å². The maximum Gasteiger partial charge on any atom is 0.273 e. The third kappa shape index (κ3) is 4.93. The second kappa shape index (κ2) is 9.91. The van der Waals surface area contributed by atoms with Gasteiger partial charge in [-0.2, -0.15) is 4.37 Å². The molecule has 1 aliphatic carbocycles. The van der Waals surface area contributed by atoms with Crippen LogP contribution in [0.25, 0.3) is 0 Å². The van der Waals surface area contributed by atoms with Crippen LogP contribution in [0.3, 0.4) is 0 Å². The topological polar surface area (TPSA) is 145 Å². The summed E-state index contributed by atoms with van der Waals surface area (Å²) in [7, 11) is 0. The van der Waals surface area contributed by atoms with Gasteiger partial charge in [0.25, 0.3) is 17.7 Å². The SMILES string of the molecule is Cc1ccc(C(C(=O)NC2CCCC2)N(C(=O)c2snc(C(N)=O)c2N)c2ccc(C)c(C)c2)o1. The molecule has 4 rings (SSSR count). The van der Waals surface area contributed by atoms with E-state index in [-0.39, 0.29) is 28.2 Å². The van der Waals surface area contributed by atoms with Gasteiger partial charge in [0.15, 0.2) is 11.7 Å². The molecule has 1 unspecified atom stereocenters. The van der Waals surface area contributed by atoms with Crippen LogP contribution >= 0.6 is 11.5 Å². The van der Waals surface area contributed by atoms with Gasteiger partial charge < -0.3 is 21.2 Å². The lowest BCUT2D eigenvalue weighted by Gasteiger charge is -2.31. The second-order valence-electron chi connectivity index (χ2n) is 8.92. The van der Waals surface area contributed by atoms with Crippen LogP contribution in [0, 0.1) is 20.8 Å². The Morgan fingerprint density at radius 1 is 1.11 bits per heavy atom. The summed E-state index contributed by atoms with van der Waals surface area (Å²) in [6, 6.07) is 7.88. The Kier molecular flexibility index (Phi) is 6.93. The number of primary amides is 1. The Hall–Kier alpha value is -3.66. The Labute approximate surface area is 207 Å². The van der Waals surface area contributed by atoms with E-state index < -0.39 is 17.9 Å². The molecule has 0 radical (unpaired) electrons. The summed E-state index contributed by atoms with van der Waals surface area (Å²) in [6.07, 6.45) is 3.86. The molecule has 1 aromatic carbocycles. The Bertz CT molecular complexity index is 1270. The van der Waals surface area contributed by atoms with Crippen molar-refractivity contribution >= 4 is 40.6 Å². The molecule has 1 fully saturated rings. The molecule has 1 atom stereocenters. The lowest BCUT2D eigenvalue weighted by Crippen LogP contribution is -2.46. The number of aryl methyl sites for hydroxylation is 3. The van der Waals surface area contributed by atoms with Gasteiger partial charge >= 0.3 is 0 Å². The Morgan fingerprint density at radius 3 is 2.40 bits per heavy atom. The number of nitrogens with zero attached hydrogens (tertiary/aromatic N) is 2. The number of furan rings is 1. The van der Waals surface area contributed by atoms with E-state index in [1.165, 1.54) is 4.90 Å². The molecule has 3 amide bonds. The number of nitrogens with two attached hydrogens (primary N) is 2. The van der Waals surface area contributed by atoms with Gasteiger partial charge in [0.05, 0.1) is 5.69 Å². The summed E-state index contributed by atoms with van der Waals surface area (Å²) in [4.78, 5) is 40.8. The maximum atomic E-state index is 14.0.